The van der Waals surface area contributed by atoms with Crippen LogP contribution >= 0.6 is 0 Å². The Morgan fingerprint density at radius 1 is 1.19 bits per heavy atom. The highest BCUT2D eigenvalue weighted by molar-refractivity contribution is 6.08. The molecule has 1 amide bonds. The van der Waals surface area contributed by atoms with Crippen LogP contribution in [-0.4, -0.2) is 17.4 Å². The number of carbonyl (C=O) groups is 1. The van der Waals surface area contributed by atoms with E-state index in [0.29, 0.717) is 17.3 Å². The van der Waals surface area contributed by atoms with Crippen LogP contribution in [0.2, 0.25) is 0 Å². The summed E-state index contributed by atoms with van der Waals surface area (Å²) in [6.45, 7) is 0.761. The molecule has 0 saturated heterocycles. The average molecular weight is 283 g/mol. The van der Waals surface area contributed by atoms with E-state index in [0.717, 1.165) is 17.3 Å². The highest BCUT2D eigenvalue weighted by Crippen LogP contribution is 2.24. The summed E-state index contributed by atoms with van der Waals surface area (Å²) in [5.74, 6) is 1.04. The Labute approximate surface area is 124 Å². The van der Waals surface area contributed by atoms with Crippen LogP contribution < -0.4 is 11.1 Å². The first-order valence-electron chi connectivity index (χ1n) is 7.67. The summed E-state index contributed by atoms with van der Waals surface area (Å²) in [5, 5.41) is 4.76. The molecule has 4 heteroatoms. The minimum atomic E-state index is -0.0516. The Balaban J connectivity index is 1.77. The normalized spacial score (nSPS) is 16.0. The van der Waals surface area contributed by atoms with Crippen LogP contribution in [-0.2, 0) is 0 Å². The van der Waals surface area contributed by atoms with E-state index in [1.54, 1.807) is 6.20 Å². The van der Waals surface area contributed by atoms with Gasteiger partial charge in [0.15, 0.2) is 0 Å². The van der Waals surface area contributed by atoms with Crippen molar-refractivity contribution in [3.8, 4) is 0 Å². The number of benzene rings is 1. The molecule has 4 nitrogen and oxygen atoms in total. The molecule has 0 spiro atoms. The number of aromatic nitrogens is 1. The van der Waals surface area contributed by atoms with Gasteiger partial charge in [-0.2, -0.15) is 0 Å². The Kier molecular flexibility index (Phi) is 4.04. The number of amides is 1. The summed E-state index contributed by atoms with van der Waals surface area (Å²) in [6, 6.07) is 7.64. The van der Waals surface area contributed by atoms with Crippen molar-refractivity contribution in [3.05, 3.63) is 36.0 Å². The zero-order valence-corrected chi connectivity index (χ0v) is 12.1. The number of rotatable bonds is 3. The molecule has 21 heavy (non-hydrogen) atoms. The van der Waals surface area contributed by atoms with Crippen molar-refractivity contribution in [2.45, 2.75) is 32.1 Å². The molecule has 0 atom stereocenters. The molecule has 3 N–H and O–H groups in total. The monoisotopic (exact) mass is 283 g/mol. The number of fused-ring (bicyclic) bond motifs is 1. The minimum Gasteiger partial charge on any atom is -0.383 e. The van der Waals surface area contributed by atoms with Gasteiger partial charge in [0.25, 0.3) is 5.91 Å². The van der Waals surface area contributed by atoms with Gasteiger partial charge >= 0.3 is 0 Å². The Morgan fingerprint density at radius 2 is 1.90 bits per heavy atom. The summed E-state index contributed by atoms with van der Waals surface area (Å²) in [6.07, 6.45) is 7.92. The summed E-state index contributed by atoms with van der Waals surface area (Å²) < 4.78 is 0. The molecule has 1 heterocycles. The van der Waals surface area contributed by atoms with E-state index >= 15 is 0 Å². The first kappa shape index (κ1) is 13.9. The lowest BCUT2D eigenvalue weighted by Crippen LogP contribution is -2.30. The van der Waals surface area contributed by atoms with E-state index in [9.17, 15) is 4.79 Å². The van der Waals surface area contributed by atoms with Crippen molar-refractivity contribution >= 4 is 22.5 Å². The van der Waals surface area contributed by atoms with Gasteiger partial charge in [0.05, 0.1) is 5.56 Å². The van der Waals surface area contributed by atoms with Crippen LogP contribution in [0.15, 0.2) is 30.5 Å². The highest BCUT2D eigenvalue weighted by atomic mass is 16.1. The lowest BCUT2D eigenvalue weighted by Gasteiger charge is -2.21. The fourth-order valence-corrected chi connectivity index (χ4v) is 3.12. The van der Waals surface area contributed by atoms with Gasteiger partial charge in [0, 0.05) is 18.1 Å². The number of anilines is 1. The van der Waals surface area contributed by atoms with Crippen LogP contribution in [0.4, 0.5) is 5.82 Å². The van der Waals surface area contributed by atoms with Gasteiger partial charge in [-0.3, -0.25) is 4.79 Å². The number of nitrogens with zero attached hydrogens (tertiary/aromatic N) is 1. The third kappa shape index (κ3) is 2.99. The molecular formula is C17H21N3O. The topological polar surface area (TPSA) is 68.0 Å². The third-order valence-electron chi connectivity index (χ3n) is 4.35. The second kappa shape index (κ2) is 6.12. The van der Waals surface area contributed by atoms with Gasteiger partial charge in [-0.1, -0.05) is 43.5 Å². The fourth-order valence-electron chi connectivity index (χ4n) is 3.12. The summed E-state index contributed by atoms with van der Waals surface area (Å²) in [7, 11) is 0. The maximum atomic E-state index is 12.4. The lowest BCUT2D eigenvalue weighted by atomic mass is 9.89. The predicted octanol–water partition coefficient (Wildman–Crippen LogP) is 3.13. The van der Waals surface area contributed by atoms with Gasteiger partial charge in [-0.25, -0.2) is 4.98 Å². The zero-order valence-electron chi connectivity index (χ0n) is 12.1. The minimum absolute atomic E-state index is 0.0516. The molecule has 0 radical (unpaired) electrons. The molecule has 1 saturated carbocycles. The van der Waals surface area contributed by atoms with Gasteiger partial charge in [-0.15, -0.1) is 0 Å². The van der Waals surface area contributed by atoms with Gasteiger partial charge < -0.3 is 11.1 Å². The fraction of sp³-hybridized carbons (Fsp3) is 0.412. The molecule has 1 aliphatic rings. The molecule has 1 aliphatic carbocycles. The van der Waals surface area contributed by atoms with Crippen molar-refractivity contribution in [1.82, 2.24) is 10.3 Å². The SMILES string of the molecule is Nc1ncc(C(=O)NCC2CCCCC2)c2ccccc12. The number of hydrogen-bond donors (Lipinski definition) is 2. The lowest BCUT2D eigenvalue weighted by molar-refractivity contribution is 0.0945. The van der Waals surface area contributed by atoms with Gasteiger partial charge in [0.1, 0.15) is 5.82 Å². The zero-order chi connectivity index (χ0) is 14.7. The van der Waals surface area contributed by atoms with Crippen molar-refractivity contribution in [1.29, 1.82) is 0 Å². The maximum absolute atomic E-state index is 12.4. The van der Waals surface area contributed by atoms with E-state index in [2.05, 4.69) is 10.3 Å². The summed E-state index contributed by atoms with van der Waals surface area (Å²) >= 11 is 0. The van der Waals surface area contributed by atoms with E-state index in [-0.39, 0.29) is 5.91 Å². The third-order valence-corrected chi connectivity index (χ3v) is 4.35. The van der Waals surface area contributed by atoms with Crippen LogP contribution in [0.3, 0.4) is 0 Å². The Hall–Kier alpha value is -2.10. The number of pyridine rings is 1. The van der Waals surface area contributed by atoms with Crippen molar-refractivity contribution in [3.63, 3.8) is 0 Å². The molecular weight excluding hydrogens is 262 g/mol. The highest BCUT2D eigenvalue weighted by Gasteiger charge is 2.16. The molecule has 1 aromatic carbocycles. The van der Waals surface area contributed by atoms with Crippen LogP contribution in [0, 0.1) is 5.92 Å². The number of carbonyl (C=O) groups excluding carboxylic acids is 1. The second-order valence-corrected chi connectivity index (χ2v) is 5.82. The largest absolute Gasteiger partial charge is 0.383 e. The number of nitrogens with one attached hydrogen (secondary N) is 1. The van der Waals surface area contributed by atoms with E-state index in [4.69, 9.17) is 5.73 Å². The molecule has 0 unspecified atom stereocenters. The average Bonchev–Trinajstić information content (AvgIpc) is 2.54. The Morgan fingerprint density at radius 3 is 2.67 bits per heavy atom. The predicted molar refractivity (Wildman–Crippen MR) is 85.1 cm³/mol. The molecule has 0 aliphatic heterocycles. The quantitative estimate of drug-likeness (QED) is 0.909. The maximum Gasteiger partial charge on any atom is 0.253 e. The first-order valence-corrected chi connectivity index (χ1v) is 7.67. The number of nitrogen functional groups attached to an aromatic ring is 1. The number of nitrogens with two attached hydrogens (primary N) is 1. The summed E-state index contributed by atoms with van der Waals surface area (Å²) in [5.41, 5.74) is 6.48. The van der Waals surface area contributed by atoms with E-state index in [1.165, 1.54) is 32.1 Å². The van der Waals surface area contributed by atoms with Crippen LogP contribution in [0.25, 0.3) is 10.8 Å². The van der Waals surface area contributed by atoms with E-state index in [1.807, 2.05) is 24.3 Å². The standard InChI is InChI=1S/C17H21N3O/c18-16-14-9-5-4-8-13(14)15(11-19-16)17(21)20-10-12-6-2-1-3-7-12/h4-5,8-9,11-12H,1-3,6-7,10H2,(H2,18,19)(H,20,21). The summed E-state index contributed by atoms with van der Waals surface area (Å²) in [4.78, 5) is 16.6. The van der Waals surface area contributed by atoms with Crippen molar-refractivity contribution in [2.75, 3.05) is 12.3 Å². The van der Waals surface area contributed by atoms with Crippen LogP contribution in [0.1, 0.15) is 42.5 Å². The molecule has 2 aromatic rings. The van der Waals surface area contributed by atoms with Gasteiger partial charge in [-0.05, 0) is 24.1 Å². The first-order chi connectivity index (χ1) is 10.3. The molecule has 1 fully saturated rings. The van der Waals surface area contributed by atoms with Crippen molar-refractivity contribution in [2.24, 2.45) is 5.92 Å². The Bertz CT molecular complexity index is 648. The van der Waals surface area contributed by atoms with Gasteiger partial charge in [0.2, 0.25) is 0 Å². The smallest absolute Gasteiger partial charge is 0.253 e. The van der Waals surface area contributed by atoms with Crippen LogP contribution in [0.5, 0.6) is 0 Å². The number of hydrogen-bond acceptors (Lipinski definition) is 3. The molecule has 0 bridgehead atoms. The molecule has 1 aromatic heterocycles. The molecule has 110 valence electrons. The second-order valence-electron chi connectivity index (χ2n) is 5.82. The van der Waals surface area contributed by atoms with Crippen molar-refractivity contribution < 1.29 is 4.79 Å². The van der Waals surface area contributed by atoms with E-state index < -0.39 is 0 Å². The molecule has 3 rings (SSSR count).